The Morgan fingerprint density at radius 3 is 2.94 bits per heavy atom. The highest BCUT2D eigenvalue weighted by atomic mass is 32.2. The van der Waals surface area contributed by atoms with Crippen LogP contribution in [0.3, 0.4) is 0 Å². The standard InChI is InChI=1S/C16H20OS/c1-11-5-4-6-12(9-11)16(17)14-10-18-15-8-3-2-7-13(14)15/h2-3,7-8,11-12,14H,4-6,9-10H2,1H3. The van der Waals surface area contributed by atoms with Crippen LogP contribution in [-0.2, 0) is 4.79 Å². The van der Waals surface area contributed by atoms with Crippen molar-refractivity contribution in [3.8, 4) is 0 Å². The molecular weight excluding hydrogens is 240 g/mol. The van der Waals surface area contributed by atoms with E-state index in [1.807, 2.05) is 11.8 Å². The van der Waals surface area contributed by atoms with Gasteiger partial charge >= 0.3 is 0 Å². The van der Waals surface area contributed by atoms with Crippen molar-refractivity contribution in [3.63, 3.8) is 0 Å². The lowest BCUT2D eigenvalue weighted by Crippen LogP contribution is -2.26. The molecule has 3 rings (SSSR count). The fourth-order valence-corrected chi connectivity index (χ4v) is 4.62. The van der Waals surface area contributed by atoms with Crippen molar-refractivity contribution in [2.75, 3.05) is 5.75 Å². The van der Waals surface area contributed by atoms with Gasteiger partial charge in [-0.3, -0.25) is 4.79 Å². The van der Waals surface area contributed by atoms with Crippen LogP contribution >= 0.6 is 11.8 Å². The maximum absolute atomic E-state index is 12.7. The normalized spacial score (nSPS) is 31.1. The van der Waals surface area contributed by atoms with Gasteiger partial charge in [0.05, 0.1) is 5.92 Å². The minimum absolute atomic E-state index is 0.168. The van der Waals surface area contributed by atoms with Gasteiger partial charge in [-0.15, -0.1) is 11.8 Å². The molecule has 1 aromatic rings. The Kier molecular flexibility index (Phi) is 3.47. The Morgan fingerprint density at radius 1 is 1.28 bits per heavy atom. The lowest BCUT2D eigenvalue weighted by Gasteiger charge is -2.27. The highest BCUT2D eigenvalue weighted by Crippen LogP contribution is 2.43. The summed E-state index contributed by atoms with van der Waals surface area (Å²) in [7, 11) is 0. The molecule has 0 radical (unpaired) electrons. The molecule has 1 heterocycles. The molecule has 0 aromatic heterocycles. The first-order valence-corrected chi connectivity index (χ1v) is 7.99. The van der Waals surface area contributed by atoms with Gasteiger partial charge in [0.1, 0.15) is 5.78 Å². The van der Waals surface area contributed by atoms with Gasteiger partial charge in [-0.25, -0.2) is 0 Å². The molecule has 2 heteroatoms. The van der Waals surface area contributed by atoms with Crippen LogP contribution in [0.1, 0.15) is 44.1 Å². The first kappa shape index (κ1) is 12.3. The van der Waals surface area contributed by atoms with Crippen molar-refractivity contribution in [2.45, 2.75) is 43.4 Å². The molecule has 1 aromatic carbocycles. The third-order valence-electron chi connectivity index (χ3n) is 4.38. The number of hydrogen-bond acceptors (Lipinski definition) is 2. The van der Waals surface area contributed by atoms with Gasteiger partial charge < -0.3 is 0 Å². The van der Waals surface area contributed by atoms with Crippen LogP contribution in [0.25, 0.3) is 0 Å². The predicted octanol–water partition coefficient (Wildman–Crippen LogP) is 4.27. The van der Waals surface area contributed by atoms with Crippen LogP contribution in [0.15, 0.2) is 29.2 Å². The van der Waals surface area contributed by atoms with Gasteiger partial charge in [0.2, 0.25) is 0 Å². The molecule has 96 valence electrons. The summed E-state index contributed by atoms with van der Waals surface area (Å²) in [4.78, 5) is 14.0. The zero-order valence-corrected chi connectivity index (χ0v) is 11.7. The number of thioether (sulfide) groups is 1. The molecule has 0 spiro atoms. The first-order valence-electron chi connectivity index (χ1n) is 7.01. The number of rotatable bonds is 2. The van der Waals surface area contributed by atoms with Gasteiger partial charge in [0, 0.05) is 16.6 Å². The largest absolute Gasteiger partial charge is 0.299 e. The summed E-state index contributed by atoms with van der Waals surface area (Å²) in [5, 5.41) is 0. The van der Waals surface area contributed by atoms with Crippen molar-refractivity contribution in [1.82, 2.24) is 0 Å². The second kappa shape index (κ2) is 5.08. The minimum atomic E-state index is 0.168. The van der Waals surface area contributed by atoms with E-state index >= 15 is 0 Å². The molecule has 0 N–H and O–H groups in total. The van der Waals surface area contributed by atoms with Gasteiger partial charge in [0.15, 0.2) is 0 Å². The lowest BCUT2D eigenvalue weighted by molar-refractivity contribution is -0.125. The third kappa shape index (κ3) is 2.23. The van der Waals surface area contributed by atoms with E-state index < -0.39 is 0 Å². The minimum Gasteiger partial charge on any atom is -0.299 e. The molecule has 1 fully saturated rings. The Morgan fingerprint density at radius 2 is 2.11 bits per heavy atom. The molecule has 0 saturated heterocycles. The topological polar surface area (TPSA) is 17.1 Å². The Balaban J connectivity index is 1.78. The van der Waals surface area contributed by atoms with E-state index in [9.17, 15) is 4.79 Å². The Labute approximate surface area is 113 Å². The number of Topliss-reactive ketones (excluding diaryl/α,β-unsaturated/α-hetero) is 1. The summed E-state index contributed by atoms with van der Waals surface area (Å²) < 4.78 is 0. The van der Waals surface area contributed by atoms with E-state index in [2.05, 4.69) is 31.2 Å². The van der Waals surface area contributed by atoms with Crippen LogP contribution < -0.4 is 0 Å². The SMILES string of the molecule is CC1CCCC(C(=O)C2CSc3ccccc32)C1. The van der Waals surface area contributed by atoms with Gasteiger partial charge in [0.25, 0.3) is 0 Å². The van der Waals surface area contributed by atoms with E-state index in [0.717, 1.165) is 24.5 Å². The number of carbonyl (C=O) groups excluding carboxylic acids is 1. The smallest absolute Gasteiger partial charge is 0.144 e. The van der Waals surface area contributed by atoms with Crippen LogP contribution in [0.2, 0.25) is 0 Å². The third-order valence-corrected chi connectivity index (χ3v) is 5.56. The highest BCUT2D eigenvalue weighted by molar-refractivity contribution is 7.99. The zero-order valence-electron chi connectivity index (χ0n) is 10.9. The maximum Gasteiger partial charge on any atom is 0.144 e. The number of benzene rings is 1. The summed E-state index contributed by atoms with van der Waals surface area (Å²) in [6, 6.07) is 8.43. The average molecular weight is 260 g/mol. The summed E-state index contributed by atoms with van der Waals surface area (Å²) in [5.41, 5.74) is 1.28. The van der Waals surface area contributed by atoms with Crippen molar-refractivity contribution >= 4 is 17.5 Å². The highest BCUT2D eigenvalue weighted by Gasteiger charge is 2.34. The summed E-state index contributed by atoms with van der Waals surface area (Å²) >= 11 is 1.85. The van der Waals surface area contributed by atoms with E-state index in [4.69, 9.17) is 0 Å². The van der Waals surface area contributed by atoms with E-state index in [1.165, 1.54) is 23.3 Å². The van der Waals surface area contributed by atoms with Crippen LogP contribution in [0.4, 0.5) is 0 Å². The van der Waals surface area contributed by atoms with E-state index in [0.29, 0.717) is 11.7 Å². The van der Waals surface area contributed by atoms with Crippen LogP contribution in [-0.4, -0.2) is 11.5 Å². The second-order valence-corrected chi connectivity index (χ2v) is 6.83. The molecule has 1 aliphatic heterocycles. The van der Waals surface area contributed by atoms with Crippen molar-refractivity contribution < 1.29 is 4.79 Å². The zero-order chi connectivity index (χ0) is 12.5. The molecule has 1 nitrogen and oxygen atoms in total. The molecule has 2 aliphatic rings. The van der Waals surface area contributed by atoms with Gasteiger partial charge in [-0.1, -0.05) is 38.0 Å². The second-order valence-electron chi connectivity index (χ2n) is 5.77. The number of carbonyl (C=O) groups is 1. The van der Waals surface area contributed by atoms with Gasteiger partial charge in [-0.05, 0) is 30.4 Å². The molecular formula is C16H20OS. The fraction of sp³-hybridized carbons (Fsp3) is 0.562. The molecule has 3 atom stereocenters. The number of fused-ring (bicyclic) bond motifs is 1. The lowest BCUT2D eigenvalue weighted by atomic mass is 9.76. The quantitative estimate of drug-likeness (QED) is 0.790. The van der Waals surface area contributed by atoms with Crippen molar-refractivity contribution in [1.29, 1.82) is 0 Å². The van der Waals surface area contributed by atoms with Crippen LogP contribution in [0.5, 0.6) is 0 Å². The maximum atomic E-state index is 12.7. The fourth-order valence-electron chi connectivity index (χ4n) is 3.38. The van der Waals surface area contributed by atoms with Crippen molar-refractivity contribution in [2.24, 2.45) is 11.8 Å². The number of hydrogen-bond donors (Lipinski definition) is 0. The number of ketones is 1. The first-order chi connectivity index (χ1) is 8.75. The van der Waals surface area contributed by atoms with Gasteiger partial charge in [-0.2, -0.15) is 0 Å². The monoisotopic (exact) mass is 260 g/mol. The average Bonchev–Trinajstić information content (AvgIpc) is 2.82. The molecule has 1 saturated carbocycles. The van der Waals surface area contributed by atoms with Crippen molar-refractivity contribution in [3.05, 3.63) is 29.8 Å². The molecule has 1 aliphatic carbocycles. The Bertz CT molecular complexity index is 454. The van der Waals surface area contributed by atoms with Crippen LogP contribution in [0, 0.1) is 11.8 Å². The molecule has 0 bridgehead atoms. The van der Waals surface area contributed by atoms with E-state index in [-0.39, 0.29) is 5.92 Å². The molecule has 0 amide bonds. The molecule has 18 heavy (non-hydrogen) atoms. The summed E-state index contributed by atoms with van der Waals surface area (Å²) in [6.45, 7) is 2.29. The Hall–Kier alpha value is -0.760. The summed E-state index contributed by atoms with van der Waals surface area (Å²) in [6.07, 6.45) is 4.77. The van der Waals surface area contributed by atoms with E-state index in [1.54, 1.807) is 0 Å². The predicted molar refractivity (Wildman–Crippen MR) is 76.0 cm³/mol. The summed E-state index contributed by atoms with van der Waals surface area (Å²) in [5.74, 6) is 2.70. The molecule has 3 unspecified atom stereocenters.